The van der Waals surface area contributed by atoms with Crippen molar-refractivity contribution in [2.24, 2.45) is 0 Å². The first-order valence-corrected chi connectivity index (χ1v) is 9.35. The van der Waals surface area contributed by atoms with Gasteiger partial charge in [0.25, 0.3) is 11.6 Å². The van der Waals surface area contributed by atoms with Crippen LogP contribution in [0.3, 0.4) is 0 Å². The van der Waals surface area contributed by atoms with Crippen LogP contribution in [0.15, 0.2) is 36.4 Å². The molecule has 1 atom stereocenters. The highest BCUT2D eigenvalue weighted by Crippen LogP contribution is 2.32. The molecule has 3 aromatic rings. The number of fused-ring (bicyclic) bond motifs is 1. The Hall–Kier alpha value is -3.54. The van der Waals surface area contributed by atoms with Gasteiger partial charge in [0.1, 0.15) is 0 Å². The van der Waals surface area contributed by atoms with Gasteiger partial charge in [0, 0.05) is 36.9 Å². The zero-order valence-electron chi connectivity index (χ0n) is 15.9. The van der Waals surface area contributed by atoms with Gasteiger partial charge in [0.05, 0.1) is 16.7 Å². The number of amides is 1. The Morgan fingerprint density at radius 2 is 2.03 bits per heavy atom. The zero-order valence-corrected chi connectivity index (χ0v) is 15.9. The van der Waals surface area contributed by atoms with Gasteiger partial charge in [0.2, 0.25) is 0 Å². The third-order valence-electron chi connectivity index (χ3n) is 4.84. The van der Waals surface area contributed by atoms with Crippen LogP contribution < -0.4 is 5.32 Å². The van der Waals surface area contributed by atoms with Gasteiger partial charge in [-0.3, -0.25) is 14.9 Å². The van der Waals surface area contributed by atoms with Gasteiger partial charge < -0.3 is 10.1 Å². The quantitative estimate of drug-likeness (QED) is 0.487. The van der Waals surface area contributed by atoms with E-state index >= 15 is 0 Å². The lowest BCUT2D eigenvalue weighted by atomic mass is 10.1. The Balaban J connectivity index is 1.69. The molecule has 2 aromatic heterocycles. The van der Waals surface area contributed by atoms with E-state index in [0.717, 1.165) is 25.0 Å². The predicted molar refractivity (Wildman–Crippen MR) is 101 cm³/mol. The van der Waals surface area contributed by atoms with Crippen molar-refractivity contribution in [2.45, 2.75) is 25.1 Å². The Labute approximate surface area is 173 Å². The highest BCUT2D eigenvalue weighted by atomic mass is 19.4. The first kappa shape index (κ1) is 20.7. The number of non-ortho nitro benzene ring substituents is 1. The fourth-order valence-corrected chi connectivity index (χ4v) is 3.29. The molecule has 0 spiro atoms. The molecule has 162 valence electrons. The summed E-state index contributed by atoms with van der Waals surface area (Å²) in [5, 5.41) is 17.2. The largest absolute Gasteiger partial charge is 0.433 e. The highest BCUT2D eigenvalue weighted by molar-refractivity contribution is 5.93. The van der Waals surface area contributed by atoms with E-state index in [4.69, 9.17) is 4.74 Å². The predicted octanol–water partition coefficient (Wildman–Crippen LogP) is 3.23. The van der Waals surface area contributed by atoms with Crippen LogP contribution in [0.5, 0.6) is 0 Å². The van der Waals surface area contributed by atoms with Crippen molar-refractivity contribution in [3.05, 3.63) is 57.9 Å². The number of carbonyl (C=O) groups is 1. The van der Waals surface area contributed by atoms with Gasteiger partial charge in [-0.05, 0) is 31.0 Å². The molecule has 4 rings (SSSR count). The van der Waals surface area contributed by atoms with Crippen molar-refractivity contribution in [3.63, 3.8) is 0 Å². The minimum atomic E-state index is -4.77. The molecule has 3 heterocycles. The number of rotatable bonds is 5. The van der Waals surface area contributed by atoms with E-state index in [1.165, 1.54) is 24.3 Å². The number of halogens is 3. The second kappa shape index (κ2) is 7.95. The van der Waals surface area contributed by atoms with Gasteiger partial charge in [-0.15, -0.1) is 0 Å². The first-order chi connectivity index (χ1) is 14.7. The molecule has 1 N–H and O–H groups in total. The van der Waals surface area contributed by atoms with Crippen LogP contribution in [0.2, 0.25) is 0 Å². The lowest BCUT2D eigenvalue weighted by Gasteiger charge is -2.11. The summed E-state index contributed by atoms with van der Waals surface area (Å²) in [4.78, 5) is 26.7. The lowest BCUT2D eigenvalue weighted by Crippen LogP contribution is -2.32. The van der Waals surface area contributed by atoms with E-state index in [1.54, 1.807) is 0 Å². The molecule has 0 aliphatic carbocycles. The summed E-state index contributed by atoms with van der Waals surface area (Å²) < 4.78 is 46.9. The molecule has 0 saturated carbocycles. The van der Waals surface area contributed by atoms with Crippen LogP contribution in [-0.4, -0.2) is 44.7 Å². The second-order valence-corrected chi connectivity index (χ2v) is 6.97. The summed E-state index contributed by atoms with van der Waals surface area (Å²) >= 11 is 0. The fourth-order valence-electron chi connectivity index (χ4n) is 3.29. The molecular weight excluding hydrogens is 419 g/mol. The molecule has 1 amide bonds. The highest BCUT2D eigenvalue weighted by Gasteiger charge is 2.35. The van der Waals surface area contributed by atoms with Gasteiger partial charge >= 0.3 is 6.18 Å². The number of aromatic nitrogens is 3. The molecule has 0 unspecified atom stereocenters. The maximum Gasteiger partial charge on any atom is 0.433 e. The number of carbonyl (C=O) groups excluding carboxylic acids is 1. The average Bonchev–Trinajstić information content (AvgIpc) is 3.40. The Kier molecular flexibility index (Phi) is 5.31. The fraction of sp³-hybridized carbons (Fsp3) is 0.316. The van der Waals surface area contributed by atoms with Crippen molar-refractivity contribution >= 4 is 17.2 Å². The standard InChI is InChI=1S/C19H16F3N5O4/c20-19(21,22)16-8-14(11-3-5-12(6-4-11)27(29)30)24-17-9-15(25-26(16)17)18(28)23-10-13-2-1-7-31-13/h3-6,8-9,13H,1-2,7,10H2,(H,23,28)/t13-/m0/s1. The van der Waals surface area contributed by atoms with Gasteiger partial charge in [-0.2, -0.15) is 18.3 Å². The van der Waals surface area contributed by atoms with Crippen molar-refractivity contribution in [2.75, 3.05) is 13.2 Å². The molecule has 1 saturated heterocycles. The first-order valence-electron chi connectivity index (χ1n) is 9.35. The van der Waals surface area contributed by atoms with Crippen LogP contribution in [0.1, 0.15) is 29.0 Å². The molecule has 31 heavy (non-hydrogen) atoms. The van der Waals surface area contributed by atoms with Gasteiger partial charge in [-0.25, -0.2) is 9.50 Å². The van der Waals surface area contributed by atoms with E-state index in [9.17, 15) is 28.1 Å². The van der Waals surface area contributed by atoms with Crippen molar-refractivity contribution < 1.29 is 27.6 Å². The molecule has 1 aromatic carbocycles. The number of benzene rings is 1. The van der Waals surface area contributed by atoms with E-state index in [2.05, 4.69) is 15.4 Å². The molecule has 12 heteroatoms. The van der Waals surface area contributed by atoms with Gasteiger partial charge in [-0.1, -0.05) is 0 Å². The van der Waals surface area contributed by atoms with E-state index in [-0.39, 0.29) is 40.9 Å². The lowest BCUT2D eigenvalue weighted by molar-refractivity contribution is -0.384. The Morgan fingerprint density at radius 3 is 2.65 bits per heavy atom. The van der Waals surface area contributed by atoms with E-state index in [0.29, 0.717) is 11.1 Å². The smallest absolute Gasteiger partial charge is 0.376 e. The number of nitro benzene ring substituents is 1. The van der Waals surface area contributed by atoms with Crippen molar-refractivity contribution in [3.8, 4) is 11.3 Å². The number of nitrogens with zero attached hydrogens (tertiary/aromatic N) is 4. The van der Waals surface area contributed by atoms with Gasteiger partial charge in [0.15, 0.2) is 17.0 Å². The van der Waals surface area contributed by atoms with Crippen molar-refractivity contribution in [1.29, 1.82) is 0 Å². The van der Waals surface area contributed by atoms with Crippen molar-refractivity contribution in [1.82, 2.24) is 19.9 Å². The number of hydrogen-bond donors (Lipinski definition) is 1. The molecule has 0 bridgehead atoms. The third kappa shape index (κ3) is 4.33. The Morgan fingerprint density at radius 1 is 1.29 bits per heavy atom. The molecular formula is C19H16F3N5O4. The average molecular weight is 435 g/mol. The molecule has 1 aliphatic heterocycles. The summed E-state index contributed by atoms with van der Waals surface area (Å²) in [6, 6.07) is 6.92. The van der Waals surface area contributed by atoms with Crippen LogP contribution in [0.4, 0.5) is 18.9 Å². The minimum Gasteiger partial charge on any atom is -0.376 e. The van der Waals surface area contributed by atoms with Crippen LogP contribution >= 0.6 is 0 Å². The van der Waals surface area contributed by atoms with Crippen LogP contribution in [0, 0.1) is 10.1 Å². The molecule has 1 fully saturated rings. The number of hydrogen-bond acceptors (Lipinski definition) is 6. The molecule has 1 aliphatic rings. The van der Waals surface area contributed by atoms with E-state index < -0.39 is 22.7 Å². The second-order valence-electron chi connectivity index (χ2n) is 6.97. The van der Waals surface area contributed by atoms with Crippen LogP contribution in [0.25, 0.3) is 16.9 Å². The summed E-state index contributed by atoms with van der Waals surface area (Å²) in [5.74, 6) is -0.633. The minimum absolute atomic E-state index is 0.0547. The maximum atomic E-state index is 13.7. The number of ether oxygens (including phenoxy) is 1. The maximum absolute atomic E-state index is 13.7. The summed E-state index contributed by atoms with van der Waals surface area (Å²) in [6.07, 6.45) is -3.21. The summed E-state index contributed by atoms with van der Waals surface area (Å²) in [6.45, 7) is 0.847. The summed E-state index contributed by atoms with van der Waals surface area (Å²) in [7, 11) is 0. The number of nitro groups is 1. The van der Waals surface area contributed by atoms with Crippen LogP contribution in [-0.2, 0) is 10.9 Å². The normalized spacial score (nSPS) is 16.5. The monoisotopic (exact) mass is 435 g/mol. The Bertz CT molecular complexity index is 1140. The van der Waals surface area contributed by atoms with E-state index in [1.807, 2.05) is 0 Å². The number of alkyl halides is 3. The summed E-state index contributed by atoms with van der Waals surface area (Å²) in [5.41, 5.74) is -1.51. The zero-order chi connectivity index (χ0) is 22.2. The SMILES string of the molecule is O=C(NC[C@@H]1CCCO1)c1cc2nc(-c3ccc([N+](=O)[O-])cc3)cc(C(F)(F)F)n2n1. The molecule has 0 radical (unpaired) electrons. The topological polar surface area (TPSA) is 112 Å². The number of nitrogens with one attached hydrogen (secondary N) is 1. The molecule has 9 nitrogen and oxygen atoms in total. The third-order valence-corrected chi connectivity index (χ3v) is 4.84.